The van der Waals surface area contributed by atoms with Crippen LogP contribution >= 0.6 is 23.2 Å². The first-order valence-electron chi connectivity index (χ1n) is 7.12. The number of alkyl halides is 1. The van der Waals surface area contributed by atoms with Crippen LogP contribution in [0.4, 0.5) is 4.39 Å². The largest absolute Gasteiger partial charge is 0.326 e. The third kappa shape index (κ3) is 3.19. The molecule has 0 fully saturated rings. The van der Waals surface area contributed by atoms with Crippen LogP contribution in [0.3, 0.4) is 0 Å². The van der Waals surface area contributed by atoms with Crippen molar-refractivity contribution in [1.29, 1.82) is 0 Å². The highest BCUT2D eigenvalue weighted by Crippen LogP contribution is 2.34. The zero-order valence-electron chi connectivity index (χ0n) is 13.0. The summed E-state index contributed by atoms with van der Waals surface area (Å²) >= 11 is 12.2. The van der Waals surface area contributed by atoms with E-state index in [0.29, 0.717) is 11.4 Å². The predicted octanol–water partition coefficient (Wildman–Crippen LogP) is 5.81. The van der Waals surface area contributed by atoms with Gasteiger partial charge >= 0.3 is 0 Å². The number of benzene rings is 1. The molecule has 0 bridgehead atoms. The number of nitrogens with zero attached hydrogens (tertiary/aromatic N) is 2. The van der Waals surface area contributed by atoms with Crippen LogP contribution in [-0.2, 0) is 6.54 Å². The van der Waals surface area contributed by atoms with E-state index < -0.39 is 5.82 Å². The van der Waals surface area contributed by atoms with E-state index in [1.165, 1.54) is 6.07 Å². The predicted molar refractivity (Wildman–Crippen MR) is 87.6 cm³/mol. The van der Waals surface area contributed by atoms with Crippen LogP contribution in [0.1, 0.15) is 45.8 Å². The molecule has 1 aromatic heterocycles. The summed E-state index contributed by atoms with van der Waals surface area (Å²) < 4.78 is 15.7. The van der Waals surface area contributed by atoms with E-state index in [2.05, 4.69) is 37.2 Å². The molecule has 21 heavy (non-hydrogen) atoms. The Balaban J connectivity index is 2.64. The Kier molecular flexibility index (Phi) is 4.55. The van der Waals surface area contributed by atoms with Crippen molar-refractivity contribution in [2.75, 3.05) is 0 Å². The van der Waals surface area contributed by atoms with Crippen LogP contribution in [0.25, 0.3) is 11.0 Å². The van der Waals surface area contributed by atoms with Crippen molar-refractivity contribution >= 4 is 34.2 Å². The van der Waals surface area contributed by atoms with Crippen LogP contribution in [0, 0.1) is 17.2 Å². The Labute approximate surface area is 135 Å². The summed E-state index contributed by atoms with van der Waals surface area (Å²) in [6, 6.07) is 3.01. The second-order valence-electron chi connectivity index (χ2n) is 6.57. The summed E-state index contributed by atoms with van der Waals surface area (Å²) in [6.07, 6.45) is 0. The van der Waals surface area contributed by atoms with Crippen LogP contribution in [0.5, 0.6) is 0 Å². The fourth-order valence-electron chi connectivity index (χ4n) is 2.20. The van der Waals surface area contributed by atoms with Crippen molar-refractivity contribution in [2.24, 2.45) is 11.3 Å². The second-order valence-corrected chi connectivity index (χ2v) is 7.63. The third-order valence-corrected chi connectivity index (χ3v) is 4.79. The summed E-state index contributed by atoms with van der Waals surface area (Å²) in [4.78, 5) is 4.49. The van der Waals surface area contributed by atoms with Crippen molar-refractivity contribution in [3.05, 3.63) is 28.8 Å². The molecule has 1 atom stereocenters. The molecule has 2 aromatic rings. The van der Waals surface area contributed by atoms with Gasteiger partial charge in [0.25, 0.3) is 0 Å². The summed E-state index contributed by atoms with van der Waals surface area (Å²) in [7, 11) is 0. The first-order valence-corrected chi connectivity index (χ1v) is 7.94. The van der Waals surface area contributed by atoms with Crippen molar-refractivity contribution < 1.29 is 4.39 Å². The highest BCUT2D eigenvalue weighted by atomic mass is 35.5. The van der Waals surface area contributed by atoms with Crippen LogP contribution < -0.4 is 0 Å². The maximum Gasteiger partial charge on any atom is 0.144 e. The first-order chi connectivity index (χ1) is 9.63. The fraction of sp³-hybridized carbons (Fsp3) is 0.562. The van der Waals surface area contributed by atoms with Crippen LogP contribution in [0.2, 0.25) is 5.02 Å². The lowest BCUT2D eigenvalue weighted by Crippen LogP contribution is -2.26. The Bertz CT molecular complexity index is 660. The standard InChI is InChI=1S/C16H21Cl2FN2/c1-9(2)16(4,5)8-21-14-6-11(18)12(19)7-13(14)20-15(21)10(3)17/h6-7,9-10H,8H2,1-5H3. The molecule has 2 nitrogen and oxygen atoms in total. The molecule has 0 spiro atoms. The maximum absolute atomic E-state index is 13.6. The van der Waals surface area contributed by atoms with Gasteiger partial charge in [0.1, 0.15) is 11.6 Å². The second kappa shape index (κ2) is 5.77. The molecule has 1 aromatic carbocycles. The first kappa shape index (κ1) is 16.6. The van der Waals surface area contributed by atoms with E-state index in [0.717, 1.165) is 17.9 Å². The zero-order valence-corrected chi connectivity index (χ0v) is 14.6. The van der Waals surface area contributed by atoms with Crippen LogP contribution in [-0.4, -0.2) is 9.55 Å². The Morgan fingerprint density at radius 3 is 2.43 bits per heavy atom. The smallest absolute Gasteiger partial charge is 0.144 e. The Morgan fingerprint density at radius 1 is 1.29 bits per heavy atom. The molecule has 0 aliphatic carbocycles. The van der Waals surface area contributed by atoms with Gasteiger partial charge in [-0.1, -0.05) is 39.3 Å². The van der Waals surface area contributed by atoms with Crippen molar-refractivity contribution in [1.82, 2.24) is 9.55 Å². The number of hydrogen-bond acceptors (Lipinski definition) is 1. The van der Waals surface area contributed by atoms with E-state index in [4.69, 9.17) is 23.2 Å². The van der Waals surface area contributed by atoms with Crippen molar-refractivity contribution in [3.8, 4) is 0 Å². The summed E-state index contributed by atoms with van der Waals surface area (Å²) in [6.45, 7) is 11.4. The molecule has 0 aliphatic heterocycles. The van der Waals surface area contributed by atoms with E-state index in [1.807, 2.05) is 6.92 Å². The van der Waals surface area contributed by atoms with Crippen molar-refractivity contribution in [3.63, 3.8) is 0 Å². The molecule has 1 unspecified atom stereocenters. The molecular formula is C16H21Cl2FN2. The van der Waals surface area contributed by atoms with Gasteiger partial charge in [0.15, 0.2) is 0 Å². The monoisotopic (exact) mass is 330 g/mol. The lowest BCUT2D eigenvalue weighted by Gasteiger charge is -2.31. The minimum atomic E-state index is -0.453. The molecule has 0 radical (unpaired) electrons. The molecule has 0 amide bonds. The van der Waals surface area contributed by atoms with Gasteiger partial charge in [0, 0.05) is 12.6 Å². The summed E-state index contributed by atoms with van der Waals surface area (Å²) in [5.74, 6) is 0.789. The van der Waals surface area contributed by atoms with Crippen molar-refractivity contribution in [2.45, 2.75) is 46.5 Å². The molecule has 116 valence electrons. The molecule has 5 heteroatoms. The molecular weight excluding hydrogens is 310 g/mol. The number of imidazole rings is 1. The highest BCUT2D eigenvalue weighted by molar-refractivity contribution is 6.31. The molecule has 0 saturated heterocycles. The third-order valence-electron chi connectivity index (χ3n) is 4.30. The average molecular weight is 331 g/mol. The van der Waals surface area contributed by atoms with Gasteiger partial charge in [0.05, 0.1) is 21.4 Å². The summed E-state index contributed by atoms with van der Waals surface area (Å²) in [5, 5.41) is -0.137. The Morgan fingerprint density at radius 2 is 1.90 bits per heavy atom. The van der Waals surface area contributed by atoms with Gasteiger partial charge in [-0.3, -0.25) is 0 Å². The Hall–Kier alpha value is -0.800. The minimum Gasteiger partial charge on any atom is -0.326 e. The minimum absolute atomic E-state index is 0.0645. The lowest BCUT2D eigenvalue weighted by molar-refractivity contribution is 0.210. The number of fused-ring (bicyclic) bond motifs is 1. The maximum atomic E-state index is 13.6. The SMILES string of the molecule is CC(Cl)c1nc2cc(F)c(Cl)cc2n1CC(C)(C)C(C)C. The topological polar surface area (TPSA) is 17.8 Å². The van der Waals surface area contributed by atoms with Gasteiger partial charge in [-0.15, -0.1) is 11.6 Å². The fourth-order valence-corrected chi connectivity index (χ4v) is 2.52. The van der Waals surface area contributed by atoms with Gasteiger partial charge < -0.3 is 4.57 Å². The quantitative estimate of drug-likeness (QED) is 0.646. The average Bonchev–Trinajstić information content (AvgIpc) is 2.68. The number of rotatable bonds is 4. The normalized spacial score (nSPS) is 14.1. The number of hydrogen-bond donors (Lipinski definition) is 0. The zero-order chi connectivity index (χ0) is 15.9. The van der Waals surface area contributed by atoms with E-state index in [-0.39, 0.29) is 15.8 Å². The highest BCUT2D eigenvalue weighted by Gasteiger charge is 2.26. The lowest BCUT2D eigenvalue weighted by atomic mass is 9.81. The van der Waals surface area contributed by atoms with Crippen LogP contribution in [0.15, 0.2) is 12.1 Å². The van der Waals surface area contributed by atoms with E-state index in [1.54, 1.807) is 6.07 Å². The number of aromatic nitrogens is 2. The van der Waals surface area contributed by atoms with Gasteiger partial charge in [0.2, 0.25) is 0 Å². The molecule has 0 aliphatic rings. The van der Waals surface area contributed by atoms with Gasteiger partial charge in [-0.05, 0) is 24.3 Å². The van der Waals surface area contributed by atoms with Gasteiger partial charge in [-0.2, -0.15) is 0 Å². The molecule has 1 heterocycles. The molecule has 2 rings (SSSR count). The van der Waals surface area contributed by atoms with E-state index >= 15 is 0 Å². The molecule has 0 N–H and O–H groups in total. The summed E-state index contributed by atoms with van der Waals surface area (Å²) in [5.41, 5.74) is 1.49. The molecule has 0 saturated carbocycles. The van der Waals surface area contributed by atoms with E-state index in [9.17, 15) is 4.39 Å². The number of halogens is 3. The van der Waals surface area contributed by atoms with Gasteiger partial charge in [-0.25, -0.2) is 9.37 Å².